The molecule has 1 saturated heterocycles. The number of likely N-dealkylation sites (tertiary alicyclic amines) is 1. The molecule has 1 aliphatic carbocycles. The van der Waals surface area contributed by atoms with Crippen LogP contribution in [0.15, 0.2) is 46.9 Å². The molecule has 2 aliphatic rings. The Morgan fingerprint density at radius 3 is 2.57 bits per heavy atom. The first-order chi connectivity index (χ1) is 14.3. The van der Waals surface area contributed by atoms with Crippen LogP contribution in [0, 0.1) is 18.8 Å². The quantitative estimate of drug-likeness (QED) is 0.620. The van der Waals surface area contributed by atoms with Gasteiger partial charge in [-0.15, -0.1) is 0 Å². The van der Waals surface area contributed by atoms with E-state index in [1.165, 1.54) is 5.56 Å². The number of anilines is 1. The predicted molar refractivity (Wildman–Crippen MR) is 119 cm³/mol. The average molecular weight is 490 g/mol. The molecule has 1 saturated carbocycles. The summed E-state index contributed by atoms with van der Waals surface area (Å²) in [6, 6.07) is 13.6. The summed E-state index contributed by atoms with van der Waals surface area (Å²) in [5, 5.41) is 3.25. The van der Waals surface area contributed by atoms with Crippen molar-refractivity contribution in [2.24, 2.45) is 11.8 Å². The van der Waals surface area contributed by atoms with Crippen molar-refractivity contribution in [1.29, 1.82) is 0 Å². The van der Waals surface area contributed by atoms with Crippen molar-refractivity contribution < 1.29 is 14.4 Å². The number of hydrogen-bond donors (Lipinski definition) is 1. The van der Waals surface area contributed by atoms with E-state index in [2.05, 4.69) is 33.4 Å². The molecule has 3 atom stereocenters. The van der Waals surface area contributed by atoms with Gasteiger partial charge in [0.25, 0.3) is 0 Å². The number of hydrogen-bond acceptors (Lipinski definition) is 3. The highest BCUT2D eigenvalue weighted by Crippen LogP contribution is 2.44. The van der Waals surface area contributed by atoms with Crippen LogP contribution >= 0.6 is 27.5 Å². The van der Waals surface area contributed by atoms with E-state index >= 15 is 0 Å². The van der Waals surface area contributed by atoms with Crippen molar-refractivity contribution in [1.82, 2.24) is 4.90 Å². The summed E-state index contributed by atoms with van der Waals surface area (Å²) >= 11 is 9.46. The van der Waals surface area contributed by atoms with E-state index in [0.29, 0.717) is 23.6 Å². The molecule has 4 rings (SSSR count). The third-order valence-electron chi connectivity index (χ3n) is 6.13. The number of nitrogens with zero attached hydrogens (tertiary/aromatic N) is 1. The van der Waals surface area contributed by atoms with E-state index in [-0.39, 0.29) is 36.1 Å². The molecular weight excluding hydrogens is 468 g/mol. The fraction of sp³-hybridized carbons (Fsp3) is 0.348. The Morgan fingerprint density at radius 1 is 1.13 bits per heavy atom. The van der Waals surface area contributed by atoms with Gasteiger partial charge in [0.05, 0.1) is 16.9 Å². The number of amides is 3. The molecule has 1 aliphatic heterocycles. The van der Waals surface area contributed by atoms with Gasteiger partial charge >= 0.3 is 0 Å². The van der Waals surface area contributed by atoms with E-state index < -0.39 is 5.91 Å². The molecular formula is C23H22BrClN2O3. The van der Waals surface area contributed by atoms with Crippen molar-refractivity contribution in [3.05, 3.63) is 63.1 Å². The molecule has 30 heavy (non-hydrogen) atoms. The second-order valence-electron chi connectivity index (χ2n) is 8.03. The molecule has 0 spiro atoms. The fourth-order valence-corrected chi connectivity index (χ4v) is 5.17. The van der Waals surface area contributed by atoms with E-state index in [0.717, 1.165) is 21.4 Å². The molecule has 3 amide bonds. The van der Waals surface area contributed by atoms with Gasteiger partial charge in [0.2, 0.25) is 17.7 Å². The highest BCUT2D eigenvalue weighted by molar-refractivity contribution is 9.10. The summed E-state index contributed by atoms with van der Waals surface area (Å²) in [5.41, 5.74) is 2.60. The molecule has 0 radical (unpaired) electrons. The first-order valence-electron chi connectivity index (χ1n) is 10.0. The summed E-state index contributed by atoms with van der Waals surface area (Å²) in [7, 11) is 0. The monoisotopic (exact) mass is 488 g/mol. The Kier molecular flexibility index (Phi) is 5.98. The van der Waals surface area contributed by atoms with E-state index in [1.54, 1.807) is 6.07 Å². The molecule has 0 aromatic heterocycles. The maximum Gasteiger partial charge on any atom is 0.244 e. The molecule has 0 bridgehead atoms. The van der Waals surface area contributed by atoms with Crippen molar-refractivity contribution in [3.63, 3.8) is 0 Å². The van der Waals surface area contributed by atoms with Crippen molar-refractivity contribution >= 4 is 50.9 Å². The van der Waals surface area contributed by atoms with Crippen LogP contribution in [0.5, 0.6) is 0 Å². The first-order valence-corrected chi connectivity index (χ1v) is 11.2. The van der Waals surface area contributed by atoms with Crippen LogP contribution < -0.4 is 5.32 Å². The zero-order valence-electron chi connectivity index (χ0n) is 16.5. The number of aryl methyl sites for hydroxylation is 1. The third kappa shape index (κ3) is 4.03. The highest BCUT2D eigenvalue weighted by Gasteiger charge is 2.50. The van der Waals surface area contributed by atoms with Gasteiger partial charge in [-0.25, -0.2) is 0 Å². The van der Waals surface area contributed by atoms with E-state index in [9.17, 15) is 14.4 Å². The lowest BCUT2D eigenvalue weighted by Crippen LogP contribution is -2.38. The van der Waals surface area contributed by atoms with Crippen LogP contribution in [-0.2, 0) is 14.4 Å². The average Bonchev–Trinajstić information content (AvgIpc) is 2.97. The van der Waals surface area contributed by atoms with Crippen LogP contribution in [-0.4, -0.2) is 29.2 Å². The lowest BCUT2D eigenvalue weighted by atomic mass is 9.73. The number of carbonyl (C=O) groups is 3. The van der Waals surface area contributed by atoms with Crippen LogP contribution in [0.4, 0.5) is 5.69 Å². The van der Waals surface area contributed by atoms with Crippen molar-refractivity contribution in [2.45, 2.75) is 32.1 Å². The molecule has 2 aromatic rings. The van der Waals surface area contributed by atoms with Gasteiger partial charge in [0.15, 0.2) is 0 Å². The van der Waals surface area contributed by atoms with Crippen LogP contribution in [0.25, 0.3) is 0 Å². The summed E-state index contributed by atoms with van der Waals surface area (Å²) in [4.78, 5) is 39.5. The van der Waals surface area contributed by atoms with Gasteiger partial charge in [-0.3, -0.25) is 19.3 Å². The zero-order valence-corrected chi connectivity index (χ0v) is 18.9. The maximum atomic E-state index is 13.0. The molecule has 7 heteroatoms. The molecule has 1 N–H and O–H groups in total. The maximum absolute atomic E-state index is 13.0. The minimum atomic E-state index is -0.406. The number of benzene rings is 2. The molecule has 0 unspecified atom stereocenters. The number of fused-ring (bicyclic) bond motifs is 1. The molecule has 156 valence electrons. The Hall–Kier alpha value is -2.18. The first kappa shape index (κ1) is 21.1. The zero-order chi connectivity index (χ0) is 21.4. The molecule has 1 heterocycles. The van der Waals surface area contributed by atoms with Crippen LogP contribution in [0.1, 0.15) is 36.3 Å². The Bertz CT molecular complexity index is 1010. The lowest BCUT2D eigenvalue weighted by molar-refractivity contribution is -0.142. The van der Waals surface area contributed by atoms with Crippen molar-refractivity contribution in [2.75, 3.05) is 11.9 Å². The number of carbonyl (C=O) groups excluding carboxylic acids is 3. The Labute approximate surface area is 188 Å². The van der Waals surface area contributed by atoms with E-state index in [4.69, 9.17) is 11.6 Å². The van der Waals surface area contributed by atoms with Gasteiger partial charge < -0.3 is 5.32 Å². The Morgan fingerprint density at radius 2 is 1.83 bits per heavy atom. The molecule has 2 fully saturated rings. The standard InChI is InChI=1S/C23H22BrClN2O3/c1-13-9-18(24)19(25)11-20(13)26-21(28)12-27-22(29)16-8-7-15(10-17(16)23(27)30)14-5-3-2-4-6-14/h2-6,9,11,15-17H,7-8,10,12H2,1H3,(H,26,28)/t15-,16-,17+/m1/s1. The Balaban J connectivity index is 1.44. The predicted octanol–water partition coefficient (Wildman–Crippen LogP) is 4.92. The summed E-state index contributed by atoms with van der Waals surface area (Å²) in [5.74, 6) is -1.24. The molecule has 5 nitrogen and oxygen atoms in total. The van der Waals surface area contributed by atoms with Gasteiger partial charge in [0.1, 0.15) is 6.54 Å². The second-order valence-corrected chi connectivity index (χ2v) is 9.29. The van der Waals surface area contributed by atoms with Crippen LogP contribution in [0.3, 0.4) is 0 Å². The summed E-state index contributed by atoms with van der Waals surface area (Å²) in [6.45, 7) is 1.58. The number of rotatable bonds is 4. The largest absolute Gasteiger partial charge is 0.324 e. The summed E-state index contributed by atoms with van der Waals surface area (Å²) < 4.78 is 0.738. The SMILES string of the molecule is Cc1cc(Br)c(Cl)cc1NC(=O)CN1C(=O)[C@H]2C[C@H](c3ccccc3)CC[C@H]2C1=O. The van der Waals surface area contributed by atoms with Crippen molar-refractivity contribution in [3.8, 4) is 0 Å². The number of nitrogens with one attached hydrogen (secondary N) is 1. The minimum absolute atomic E-state index is 0.225. The number of halogens is 2. The normalized spacial score (nSPS) is 23.4. The minimum Gasteiger partial charge on any atom is -0.324 e. The smallest absolute Gasteiger partial charge is 0.244 e. The van der Waals surface area contributed by atoms with Gasteiger partial charge in [0, 0.05) is 10.2 Å². The third-order valence-corrected chi connectivity index (χ3v) is 7.33. The fourth-order valence-electron chi connectivity index (χ4n) is 4.55. The summed E-state index contributed by atoms with van der Waals surface area (Å²) in [6.07, 6.45) is 2.20. The lowest BCUT2D eigenvalue weighted by Gasteiger charge is -2.28. The van der Waals surface area contributed by atoms with Gasteiger partial charge in [-0.05, 0) is 71.3 Å². The topological polar surface area (TPSA) is 66.5 Å². The van der Waals surface area contributed by atoms with Crippen LogP contribution in [0.2, 0.25) is 5.02 Å². The highest BCUT2D eigenvalue weighted by atomic mass is 79.9. The molecule has 2 aromatic carbocycles. The van der Waals surface area contributed by atoms with E-state index in [1.807, 2.05) is 31.2 Å². The van der Waals surface area contributed by atoms with Gasteiger partial charge in [-0.2, -0.15) is 0 Å². The number of imide groups is 1. The second kappa shape index (κ2) is 8.52. The van der Waals surface area contributed by atoms with Gasteiger partial charge in [-0.1, -0.05) is 41.9 Å².